The monoisotopic (exact) mass is 160 g/mol. The highest BCUT2D eigenvalue weighted by atomic mass is 16.5. The molecule has 0 saturated carbocycles. The molecule has 0 aromatic carbocycles. The van der Waals surface area contributed by atoms with E-state index in [-0.39, 0.29) is 6.10 Å². The summed E-state index contributed by atoms with van der Waals surface area (Å²) in [6.07, 6.45) is 2.69. The lowest BCUT2D eigenvalue weighted by atomic mass is 9.99. The van der Waals surface area contributed by atoms with Gasteiger partial charge in [-0.2, -0.15) is 0 Å². The molecule has 0 amide bonds. The summed E-state index contributed by atoms with van der Waals surface area (Å²) < 4.78 is 4.95. The lowest BCUT2D eigenvalue weighted by Gasteiger charge is -2.13. The molecule has 11 heavy (non-hydrogen) atoms. The summed E-state index contributed by atoms with van der Waals surface area (Å²) >= 11 is 0. The Labute approximate surface area is 69.6 Å². The number of hydrogen-bond donors (Lipinski definition) is 1. The van der Waals surface area contributed by atoms with Crippen LogP contribution in [0.3, 0.4) is 0 Å². The topological polar surface area (TPSA) is 29.5 Å². The fourth-order valence-electron chi connectivity index (χ4n) is 1.07. The van der Waals surface area contributed by atoms with Gasteiger partial charge in [-0.1, -0.05) is 13.8 Å². The molecular formula is C9H20O2. The second kappa shape index (κ2) is 6.62. The van der Waals surface area contributed by atoms with Gasteiger partial charge in [0.1, 0.15) is 0 Å². The molecule has 68 valence electrons. The molecule has 2 heteroatoms. The van der Waals surface area contributed by atoms with Crippen LogP contribution < -0.4 is 0 Å². The third-order valence-electron chi connectivity index (χ3n) is 1.96. The van der Waals surface area contributed by atoms with E-state index in [9.17, 15) is 5.11 Å². The van der Waals surface area contributed by atoms with Crippen LogP contribution in [0.15, 0.2) is 0 Å². The Balaban J connectivity index is 3.27. The molecule has 0 aromatic rings. The minimum atomic E-state index is -0.123. The van der Waals surface area contributed by atoms with Gasteiger partial charge in [0.15, 0.2) is 0 Å². The van der Waals surface area contributed by atoms with E-state index in [0.29, 0.717) is 5.92 Å². The SMILES string of the molecule is CCC(O)CC(C)CCOC. The van der Waals surface area contributed by atoms with E-state index in [1.165, 1.54) is 0 Å². The first-order valence-electron chi connectivity index (χ1n) is 4.37. The van der Waals surface area contributed by atoms with Gasteiger partial charge in [0.05, 0.1) is 6.10 Å². The third-order valence-corrected chi connectivity index (χ3v) is 1.96. The van der Waals surface area contributed by atoms with E-state index in [0.717, 1.165) is 25.9 Å². The predicted octanol–water partition coefficient (Wildman–Crippen LogP) is 1.82. The van der Waals surface area contributed by atoms with Crippen LogP contribution in [-0.4, -0.2) is 24.9 Å². The summed E-state index contributed by atoms with van der Waals surface area (Å²) in [5.74, 6) is 0.574. The average Bonchev–Trinajstić information content (AvgIpc) is 2.00. The zero-order valence-electron chi connectivity index (χ0n) is 7.84. The van der Waals surface area contributed by atoms with Crippen molar-refractivity contribution < 1.29 is 9.84 Å². The number of ether oxygens (including phenoxy) is 1. The van der Waals surface area contributed by atoms with E-state index in [1.54, 1.807) is 7.11 Å². The minimum Gasteiger partial charge on any atom is -0.393 e. The molecule has 0 aromatic heterocycles. The summed E-state index contributed by atoms with van der Waals surface area (Å²) in [4.78, 5) is 0. The van der Waals surface area contributed by atoms with Crippen molar-refractivity contribution in [3.63, 3.8) is 0 Å². The molecule has 0 radical (unpaired) electrons. The summed E-state index contributed by atoms with van der Waals surface area (Å²) in [7, 11) is 1.71. The smallest absolute Gasteiger partial charge is 0.0540 e. The van der Waals surface area contributed by atoms with E-state index in [1.807, 2.05) is 6.92 Å². The lowest BCUT2D eigenvalue weighted by Crippen LogP contribution is -2.11. The quantitative estimate of drug-likeness (QED) is 0.642. The van der Waals surface area contributed by atoms with E-state index >= 15 is 0 Å². The molecule has 0 fully saturated rings. The Morgan fingerprint density at radius 1 is 1.45 bits per heavy atom. The zero-order chi connectivity index (χ0) is 8.69. The van der Waals surface area contributed by atoms with Crippen LogP contribution in [0.1, 0.15) is 33.1 Å². The normalized spacial score (nSPS) is 16.4. The van der Waals surface area contributed by atoms with E-state index < -0.39 is 0 Å². The molecular weight excluding hydrogens is 140 g/mol. The van der Waals surface area contributed by atoms with Crippen LogP contribution in [0.5, 0.6) is 0 Å². The second-order valence-corrected chi connectivity index (χ2v) is 3.18. The maximum atomic E-state index is 9.29. The Hall–Kier alpha value is -0.0800. The fraction of sp³-hybridized carbons (Fsp3) is 1.00. The molecule has 0 bridgehead atoms. The Morgan fingerprint density at radius 3 is 2.55 bits per heavy atom. The van der Waals surface area contributed by atoms with Gasteiger partial charge in [0.2, 0.25) is 0 Å². The molecule has 0 spiro atoms. The van der Waals surface area contributed by atoms with Crippen molar-refractivity contribution >= 4 is 0 Å². The van der Waals surface area contributed by atoms with E-state index in [2.05, 4.69) is 6.92 Å². The first-order chi connectivity index (χ1) is 5.20. The maximum Gasteiger partial charge on any atom is 0.0540 e. The average molecular weight is 160 g/mol. The molecule has 0 heterocycles. The number of aliphatic hydroxyl groups is 1. The van der Waals surface area contributed by atoms with Crippen LogP contribution in [-0.2, 0) is 4.74 Å². The van der Waals surface area contributed by atoms with Crippen molar-refractivity contribution in [3.8, 4) is 0 Å². The summed E-state index contributed by atoms with van der Waals surface area (Å²) in [5, 5.41) is 9.29. The van der Waals surface area contributed by atoms with Crippen molar-refractivity contribution in [2.45, 2.75) is 39.2 Å². The summed E-state index contributed by atoms with van der Waals surface area (Å²) in [6, 6.07) is 0. The molecule has 0 aliphatic carbocycles. The summed E-state index contributed by atoms with van der Waals surface area (Å²) in [6.45, 7) is 4.96. The Morgan fingerprint density at radius 2 is 2.09 bits per heavy atom. The highest BCUT2D eigenvalue weighted by Gasteiger charge is 2.07. The molecule has 0 rings (SSSR count). The maximum absolute atomic E-state index is 9.29. The van der Waals surface area contributed by atoms with Gasteiger partial charge in [0.25, 0.3) is 0 Å². The number of methoxy groups -OCH3 is 1. The second-order valence-electron chi connectivity index (χ2n) is 3.18. The standard InChI is InChI=1S/C9H20O2/c1-4-9(10)7-8(2)5-6-11-3/h8-10H,4-7H2,1-3H3. The van der Waals surface area contributed by atoms with Crippen LogP contribution in [0.4, 0.5) is 0 Å². The van der Waals surface area contributed by atoms with Gasteiger partial charge in [-0.25, -0.2) is 0 Å². The van der Waals surface area contributed by atoms with Crippen molar-refractivity contribution in [2.24, 2.45) is 5.92 Å². The fourth-order valence-corrected chi connectivity index (χ4v) is 1.07. The molecule has 2 unspecified atom stereocenters. The number of aliphatic hydroxyl groups excluding tert-OH is 1. The van der Waals surface area contributed by atoms with Gasteiger partial charge < -0.3 is 9.84 Å². The van der Waals surface area contributed by atoms with Gasteiger partial charge in [-0.15, -0.1) is 0 Å². The third kappa shape index (κ3) is 6.32. The van der Waals surface area contributed by atoms with Crippen molar-refractivity contribution in [1.82, 2.24) is 0 Å². The highest BCUT2D eigenvalue weighted by Crippen LogP contribution is 2.11. The van der Waals surface area contributed by atoms with Crippen molar-refractivity contribution in [2.75, 3.05) is 13.7 Å². The number of rotatable bonds is 6. The van der Waals surface area contributed by atoms with Crippen molar-refractivity contribution in [1.29, 1.82) is 0 Å². The first-order valence-corrected chi connectivity index (χ1v) is 4.37. The molecule has 2 atom stereocenters. The molecule has 2 nitrogen and oxygen atoms in total. The van der Waals surface area contributed by atoms with Crippen LogP contribution in [0.25, 0.3) is 0 Å². The first kappa shape index (κ1) is 10.9. The Kier molecular flexibility index (Phi) is 6.57. The highest BCUT2D eigenvalue weighted by molar-refractivity contribution is 4.59. The molecule has 0 saturated heterocycles. The van der Waals surface area contributed by atoms with Gasteiger partial charge >= 0.3 is 0 Å². The largest absolute Gasteiger partial charge is 0.393 e. The van der Waals surface area contributed by atoms with Gasteiger partial charge in [-0.3, -0.25) is 0 Å². The van der Waals surface area contributed by atoms with Crippen molar-refractivity contribution in [3.05, 3.63) is 0 Å². The summed E-state index contributed by atoms with van der Waals surface area (Å²) in [5.41, 5.74) is 0. The Bertz CT molecular complexity index is 83.6. The molecule has 0 aliphatic heterocycles. The molecule has 0 aliphatic rings. The van der Waals surface area contributed by atoms with Gasteiger partial charge in [-0.05, 0) is 25.2 Å². The van der Waals surface area contributed by atoms with Gasteiger partial charge in [0, 0.05) is 13.7 Å². The lowest BCUT2D eigenvalue weighted by molar-refractivity contribution is 0.123. The minimum absolute atomic E-state index is 0.123. The predicted molar refractivity (Wildman–Crippen MR) is 46.6 cm³/mol. The zero-order valence-corrected chi connectivity index (χ0v) is 7.84. The molecule has 1 N–H and O–H groups in total. The number of hydrogen-bond acceptors (Lipinski definition) is 2. The van der Waals surface area contributed by atoms with Crippen LogP contribution >= 0.6 is 0 Å². The van der Waals surface area contributed by atoms with Crippen LogP contribution in [0, 0.1) is 5.92 Å². The van der Waals surface area contributed by atoms with E-state index in [4.69, 9.17) is 4.74 Å². The van der Waals surface area contributed by atoms with Crippen LogP contribution in [0.2, 0.25) is 0 Å².